The van der Waals surface area contributed by atoms with Gasteiger partial charge in [-0.15, -0.1) is 0 Å². The first-order valence-corrected chi connectivity index (χ1v) is 8.48. The van der Waals surface area contributed by atoms with Gasteiger partial charge in [0.1, 0.15) is 5.75 Å². The molecular weight excluding hydrogens is 320 g/mol. The molecule has 0 fully saturated rings. The Kier molecular flexibility index (Phi) is 4.35. The van der Waals surface area contributed by atoms with Gasteiger partial charge in [0, 0.05) is 5.56 Å². The van der Waals surface area contributed by atoms with Crippen LogP contribution >= 0.6 is 0 Å². The highest BCUT2D eigenvalue weighted by molar-refractivity contribution is 6.02. The van der Waals surface area contributed by atoms with Gasteiger partial charge < -0.3 is 5.11 Å². The molecule has 4 aromatic carbocycles. The number of nitrogens with zero attached hydrogens (tertiary/aromatic N) is 2. The molecule has 0 radical (unpaired) electrons. The van der Waals surface area contributed by atoms with E-state index in [2.05, 4.69) is 0 Å². The number of para-hydroxylation sites is 2. The summed E-state index contributed by atoms with van der Waals surface area (Å²) in [6, 6.07) is 31.5. The van der Waals surface area contributed by atoms with Crippen LogP contribution in [-0.2, 0) is 0 Å². The Balaban J connectivity index is 1.81. The summed E-state index contributed by atoms with van der Waals surface area (Å²) < 4.78 is 0. The van der Waals surface area contributed by atoms with E-state index in [4.69, 9.17) is 5.10 Å². The van der Waals surface area contributed by atoms with Crippen LogP contribution < -0.4 is 5.01 Å². The predicted octanol–water partition coefficient (Wildman–Crippen LogP) is 5.72. The summed E-state index contributed by atoms with van der Waals surface area (Å²) in [6.07, 6.45) is 1.72. The molecule has 0 atom stereocenters. The van der Waals surface area contributed by atoms with Crippen molar-refractivity contribution in [3.05, 3.63) is 103 Å². The molecule has 0 bridgehead atoms. The Hall–Kier alpha value is -3.59. The Morgan fingerprint density at radius 2 is 1.23 bits per heavy atom. The van der Waals surface area contributed by atoms with Crippen LogP contribution in [0.3, 0.4) is 0 Å². The van der Waals surface area contributed by atoms with Crippen LogP contribution in [0.25, 0.3) is 10.8 Å². The van der Waals surface area contributed by atoms with Crippen LogP contribution in [0.1, 0.15) is 5.56 Å². The second-order valence-corrected chi connectivity index (χ2v) is 5.95. The largest absolute Gasteiger partial charge is 0.507 e. The summed E-state index contributed by atoms with van der Waals surface area (Å²) >= 11 is 0. The molecule has 0 aliphatic rings. The zero-order valence-electron chi connectivity index (χ0n) is 14.2. The molecular formula is C23H18N2O. The number of phenolic OH excluding ortho intramolecular Hbond substituents is 1. The fourth-order valence-electron chi connectivity index (χ4n) is 2.96. The third-order valence-corrected chi connectivity index (χ3v) is 4.25. The predicted molar refractivity (Wildman–Crippen MR) is 108 cm³/mol. The highest BCUT2D eigenvalue weighted by Gasteiger charge is 2.09. The van der Waals surface area contributed by atoms with E-state index in [9.17, 15) is 5.11 Å². The van der Waals surface area contributed by atoms with Crippen molar-refractivity contribution in [1.29, 1.82) is 0 Å². The normalized spacial score (nSPS) is 11.1. The molecule has 4 rings (SSSR count). The molecule has 0 aromatic heterocycles. The number of anilines is 2. The Bertz CT molecular complexity index is 1000. The topological polar surface area (TPSA) is 35.8 Å². The van der Waals surface area contributed by atoms with Gasteiger partial charge in [-0.2, -0.15) is 5.10 Å². The zero-order valence-corrected chi connectivity index (χ0v) is 14.2. The van der Waals surface area contributed by atoms with Gasteiger partial charge >= 0.3 is 0 Å². The number of hydrogen-bond donors (Lipinski definition) is 1. The minimum absolute atomic E-state index is 0.216. The van der Waals surface area contributed by atoms with Gasteiger partial charge in [0.15, 0.2) is 0 Å². The minimum atomic E-state index is 0.216. The Labute approximate surface area is 152 Å². The molecule has 4 aromatic rings. The van der Waals surface area contributed by atoms with E-state index in [1.54, 1.807) is 12.3 Å². The highest BCUT2D eigenvalue weighted by atomic mass is 16.3. The molecule has 0 aliphatic heterocycles. The number of phenols is 1. The number of fused-ring (bicyclic) bond motifs is 1. The fraction of sp³-hybridized carbons (Fsp3) is 0. The summed E-state index contributed by atoms with van der Waals surface area (Å²) in [7, 11) is 0. The van der Waals surface area contributed by atoms with Gasteiger partial charge in [-0.3, -0.25) is 0 Å². The lowest BCUT2D eigenvalue weighted by Gasteiger charge is -2.19. The third kappa shape index (κ3) is 3.15. The van der Waals surface area contributed by atoms with Crippen molar-refractivity contribution in [2.45, 2.75) is 0 Å². The van der Waals surface area contributed by atoms with Gasteiger partial charge in [-0.25, -0.2) is 5.01 Å². The molecule has 0 amide bonds. The minimum Gasteiger partial charge on any atom is -0.507 e. The molecule has 0 spiro atoms. The van der Waals surface area contributed by atoms with E-state index in [1.165, 1.54) is 0 Å². The molecule has 0 heterocycles. The number of hydrogen-bond acceptors (Lipinski definition) is 3. The van der Waals surface area contributed by atoms with Crippen molar-refractivity contribution in [3.63, 3.8) is 0 Å². The van der Waals surface area contributed by atoms with Crippen molar-refractivity contribution >= 4 is 28.4 Å². The molecule has 0 saturated heterocycles. The number of aromatic hydroxyl groups is 1. The van der Waals surface area contributed by atoms with Crippen LogP contribution in [0, 0.1) is 0 Å². The zero-order chi connectivity index (χ0) is 17.8. The van der Waals surface area contributed by atoms with Crippen molar-refractivity contribution in [1.82, 2.24) is 0 Å². The molecule has 26 heavy (non-hydrogen) atoms. The van der Waals surface area contributed by atoms with Gasteiger partial charge in [-0.1, -0.05) is 66.7 Å². The summed E-state index contributed by atoms with van der Waals surface area (Å²) in [6.45, 7) is 0. The maximum absolute atomic E-state index is 10.4. The van der Waals surface area contributed by atoms with Gasteiger partial charge in [0.25, 0.3) is 0 Å². The summed E-state index contributed by atoms with van der Waals surface area (Å²) in [5, 5.41) is 18.9. The first-order chi connectivity index (χ1) is 12.8. The van der Waals surface area contributed by atoms with Crippen molar-refractivity contribution in [2.24, 2.45) is 5.10 Å². The first-order valence-electron chi connectivity index (χ1n) is 8.48. The molecule has 1 N–H and O–H groups in total. The van der Waals surface area contributed by atoms with Gasteiger partial charge in [0.2, 0.25) is 0 Å². The Morgan fingerprint density at radius 1 is 0.654 bits per heavy atom. The average Bonchev–Trinajstić information content (AvgIpc) is 2.71. The van der Waals surface area contributed by atoms with Crippen LogP contribution in [0.5, 0.6) is 5.75 Å². The quantitative estimate of drug-likeness (QED) is 0.382. The lowest BCUT2D eigenvalue weighted by molar-refractivity contribution is 0.475. The summed E-state index contributed by atoms with van der Waals surface area (Å²) in [5.41, 5.74) is 2.62. The van der Waals surface area contributed by atoms with Gasteiger partial charge in [-0.05, 0) is 41.1 Å². The lowest BCUT2D eigenvalue weighted by Crippen LogP contribution is -2.09. The second-order valence-electron chi connectivity index (χ2n) is 5.95. The van der Waals surface area contributed by atoms with E-state index < -0.39 is 0 Å². The average molecular weight is 338 g/mol. The summed E-state index contributed by atoms with van der Waals surface area (Å²) in [4.78, 5) is 0. The van der Waals surface area contributed by atoms with Crippen molar-refractivity contribution in [3.8, 4) is 5.75 Å². The molecule has 3 heteroatoms. The Morgan fingerprint density at radius 3 is 1.88 bits per heavy atom. The monoisotopic (exact) mass is 338 g/mol. The molecule has 0 aliphatic carbocycles. The van der Waals surface area contributed by atoms with E-state index in [0.29, 0.717) is 5.56 Å². The van der Waals surface area contributed by atoms with Crippen LogP contribution in [0.4, 0.5) is 11.4 Å². The third-order valence-electron chi connectivity index (χ3n) is 4.25. The standard InChI is InChI=1S/C23H18N2O/c26-23-16-15-18-9-7-8-14-21(18)22(23)17-24-25(19-10-3-1-4-11-19)20-12-5-2-6-13-20/h1-17,26H/b24-17+. The van der Waals surface area contributed by atoms with Crippen molar-refractivity contribution in [2.75, 3.05) is 5.01 Å². The maximum Gasteiger partial charge on any atom is 0.125 e. The van der Waals surface area contributed by atoms with E-state index in [1.807, 2.05) is 96.0 Å². The van der Waals surface area contributed by atoms with Crippen LogP contribution in [0.15, 0.2) is 102 Å². The molecule has 0 unspecified atom stereocenters. The SMILES string of the molecule is Oc1ccc2ccccc2c1/C=N/N(c1ccccc1)c1ccccc1. The molecule has 3 nitrogen and oxygen atoms in total. The fourth-order valence-corrected chi connectivity index (χ4v) is 2.96. The molecule has 126 valence electrons. The van der Waals surface area contributed by atoms with E-state index in [0.717, 1.165) is 22.1 Å². The number of rotatable bonds is 4. The van der Waals surface area contributed by atoms with E-state index >= 15 is 0 Å². The summed E-state index contributed by atoms with van der Waals surface area (Å²) in [5.74, 6) is 0.216. The highest BCUT2D eigenvalue weighted by Crippen LogP contribution is 2.28. The first kappa shape index (κ1) is 15.9. The number of hydrazone groups is 1. The van der Waals surface area contributed by atoms with E-state index in [-0.39, 0.29) is 5.75 Å². The molecule has 0 saturated carbocycles. The number of benzene rings is 4. The van der Waals surface area contributed by atoms with Crippen molar-refractivity contribution < 1.29 is 5.11 Å². The maximum atomic E-state index is 10.4. The lowest BCUT2D eigenvalue weighted by atomic mass is 10.0. The second kappa shape index (κ2) is 7.11. The smallest absolute Gasteiger partial charge is 0.125 e. The van der Waals surface area contributed by atoms with Gasteiger partial charge in [0.05, 0.1) is 17.6 Å². The van der Waals surface area contributed by atoms with Crippen LogP contribution in [0.2, 0.25) is 0 Å². The van der Waals surface area contributed by atoms with Crippen LogP contribution in [-0.4, -0.2) is 11.3 Å².